The first-order valence-electron chi connectivity index (χ1n) is 8.52. The first-order chi connectivity index (χ1) is 12.0. The van der Waals surface area contributed by atoms with E-state index < -0.39 is 9.84 Å². The van der Waals surface area contributed by atoms with E-state index in [1.54, 1.807) is 0 Å². The van der Waals surface area contributed by atoms with Crippen molar-refractivity contribution in [3.63, 3.8) is 0 Å². The van der Waals surface area contributed by atoms with Gasteiger partial charge in [-0.1, -0.05) is 6.07 Å². The van der Waals surface area contributed by atoms with Gasteiger partial charge >= 0.3 is 0 Å². The maximum atomic E-state index is 12.0. The minimum atomic E-state index is -3.25. The number of nitrogens with one attached hydrogen (secondary N) is 2. The Balaban J connectivity index is 1.52. The summed E-state index contributed by atoms with van der Waals surface area (Å²) in [6, 6.07) is 8.57. The molecule has 7 heteroatoms. The summed E-state index contributed by atoms with van der Waals surface area (Å²) in [6.45, 7) is 2.75. The van der Waals surface area contributed by atoms with Gasteiger partial charge in [0.1, 0.15) is 4.90 Å². The molecule has 0 aliphatic carbocycles. The third kappa shape index (κ3) is 3.34. The van der Waals surface area contributed by atoms with Crippen molar-refractivity contribution in [2.45, 2.75) is 30.2 Å². The van der Waals surface area contributed by atoms with Crippen LogP contribution in [0.3, 0.4) is 0 Å². The zero-order chi connectivity index (χ0) is 17.4. The molecule has 4 rings (SSSR count). The van der Waals surface area contributed by atoms with E-state index in [2.05, 4.69) is 44.3 Å². The van der Waals surface area contributed by atoms with E-state index in [4.69, 9.17) is 0 Å². The summed E-state index contributed by atoms with van der Waals surface area (Å²) >= 11 is 0. The first-order valence-corrected chi connectivity index (χ1v) is 10.4. The Hall–Kier alpha value is -2.12. The van der Waals surface area contributed by atoms with Gasteiger partial charge in [-0.15, -0.1) is 0 Å². The lowest BCUT2D eigenvalue weighted by Gasteiger charge is -2.32. The number of H-pyrrole nitrogens is 2. The van der Waals surface area contributed by atoms with Crippen LogP contribution in [0.1, 0.15) is 30.0 Å². The van der Waals surface area contributed by atoms with Crippen LogP contribution in [-0.4, -0.2) is 47.8 Å². The van der Waals surface area contributed by atoms with Gasteiger partial charge in [0.15, 0.2) is 9.84 Å². The summed E-state index contributed by atoms with van der Waals surface area (Å²) in [6.07, 6.45) is 6.67. The second-order valence-corrected chi connectivity index (χ2v) is 8.88. The van der Waals surface area contributed by atoms with Gasteiger partial charge in [-0.25, -0.2) is 8.42 Å². The highest BCUT2D eigenvalue weighted by Crippen LogP contribution is 2.30. The molecule has 0 bridgehead atoms. The van der Waals surface area contributed by atoms with Crippen molar-refractivity contribution >= 4 is 20.7 Å². The number of sulfone groups is 1. The van der Waals surface area contributed by atoms with Crippen molar-refractivity contribution in [2.24, 2.45) is 0 Å². The van der Waals surface area contributed by atoms with Gasteiger partial charge in [-0.05, 0) is 48.5 Å². The van der Waals surface area contributed by atoms with Gasteiger partial charge in [0.2, 0.25) is 0 Å². The van der Waals surface area contributed by atoms with Crippen molar-refractivity contribution in [1.29, 1.82) is 0 Å². The molecular formula is C18H22N4O2S. The van der Waals surface area contributed by atoms with E-state index in [1.165, 1.54) is 23.4 Å². The Kier molecular flexibility index (Phi) is 4.13. The summed E-state index contributed by atoms with van der Waals surface area (Å²) in [5.74, 6) is 0.178. The molecule has 1 fully saturated rings. The molecule has 0 spiro atoms. The molecule has 0 amide bonds. The molecule has 1 aliphatic heterocycles. The summed E-state index contributed by atoms with van der Waals surface area (Å²) in [4.78, 5) is 5.95. The van der Waals surface area contributed by atoms with E-state index in [0.717, 1.165) is 43.7 Å². The molecule has 6 nitrogen and oxygen atoms in total. The number of fused-ring (bicyclic) bond motifs is 1. The maximum absolute atomic E-state index is 12.0. The van der Waals surface area contributed by atoms with E-state index >= 15 is 0 Å². The Morgan fingerprint density at radius 1 is 1.32 bits per heavy atom. The minimum absolute atomic E-state index is 0.178. The molecule has 2 aromatic heterocycles. The largest absolute Gasteiger partial charge is 0.361 e. The molecule has 1 aromatic carbocycles. The topological polar surface area (TPSA) is 81.8 Å². The van der Waals surface area contributed by atoms with Crippen molar-refractivity contribution in [3.8, 4) is 0 Å². The molecule has 1 saturated heterocycles. The molecule has 1 aliphatic rings. The summed E-state index contributed by atoms with van der Waals surface area (Å²) in [5, 5.41) is 8.12. The Bertz CT molecular complexity index is 989. The maximum Gasteiger partial charge on any atom is 0.178 e. The zero-order valence-corrected chi connectivity index (χ0v) is 15.0. The van der Waals surface area contributed by atoms with Crippen LogP contribution in [0.4, 0.5) is 0 Å². The normalized spacial score (nSPS) is 19.5. The van der Waals surface area contributed by atoms with Crippen molar-refractivity contribution in [2.75, 3.05) is 19.3 Å². The van der Waals surface area contributed by atoms with Crippen LogP contribution in [0.25, 0.3) is 10.9 Å². The van der Waals surface area contributed by atoms with Gasteiger partial charge in [0, 0.05) is 37.0 Å². The number of hydrogen-bond acceptors (Lipinski definition) is 4. The predicted octanol–water partition coefficient (Wildman–Crippen LogP) is 2.67. The molecule has 132 valence electrons. The molecule has 3 aromatic rings. The third-order valence-corrected chi connectivity index (χ3v) is 6.09. The number of piperidine rings is 1. The Morgan fingerprint density at radius 3 is 3.04 bits per heavy atom. The predicted molar refractivity (Wildman–Crippen MR) is 97.2 cm³/mol. The van der Waals surface area contributed by atoms with Crippen molar-refractivity contribution in [3.05, 3.63) is 47.9 Å². The monoisotopic (exact) mass is 358 g/mol. The van der Waals surface area contributed by atoms with Crippen LogP contribution >= 0.6 is 0 Å². The molecule has 1 unspecified atom stereocenters. The highest BCUT2D eigenvalue weighted by Gasteiger charge is 2.27. The lowest BCUT2D eigenvalue weighted by Crippen LogP contribution is -2.34. The molecule has 25 heavy (non-hydrogen) atoms. The van der Waals surface area contributed by atoms with Crippen LogP contribution in [0.15, 0.2) is 41.6 Å². The summed E-state index contributed by atoms with van der Waals surface area (Å²) < 4.78 is 23.9. The number of aromatic amines is 2. The smallest absolute Gasteiger partial charge is 0.178 e. The number of hydrogen-bond donors (Lipinski definition) is 2. The minimum Gasteiger partial charge on any atom is -0.361 e. The average Bonchev–Trinajstić information content (AvgIpc) is 3.23. The van der Waals surface area contributed by atoms with Crippen LogP contribution in [0.5, 0.6) is 0 Å². The fourth-order valence-electron chi connectivity index (χ4n) is 3.77. The van der Waals surface area contributed by atoms with Gasteiger partial charge in [-0.3, -0.25) is 10.00 Å². The quantitative estimate of drug-likeness (QED) is 0.751. The highest BCUT2D eigenvalue weighted by molar-refractivity contribution is 7.90. The number of rotatable bonds is 4. The molecule has 1 atom stereocenters. The number of nitrogens with zero attached hydrogens (tertiary/aromatic N) is 2. The lowest BCUT2D eigenvalue weighted by atomic mass is 9.94. The third-order valence-electron chi connectivity index (χ3n) is 4.97. The van der Waals surface area contributed by atoms with Crippen molar-refractivity contribution in [1.82, 2.24) is 20.1 Å². The lowest BCUT2D eigenvalue weighted by molar-refractivity contribution is 0.197. The molecule has 3 heterocycles. The standard InChI is InChI=1S/C18H22N4O2S/c1-25(23,24)17-10-20-21-18(17)15-3-2-8-22(12-15)11-13-4-5-16-14(9-13)6-7-19-16/h4-7,9-10,15,19H,2-3,8,11-12H2,1H3,(H,20,21). The molecule has 2 N–H and O–H groups in total. The molecule has 0 radical (unpaired) electrons. The van der Waals surface area contributed by atoms with Crippen LogP contribution in [0.2, 0.25) is 0 Å². The van der Waals surface area contributed by atoms with Gasteiger partial charge in [-0.2, -0.15) is 5.10 Å². The fraction of sp³-hybridized carbons (Fsp3) is 0.389. The van der Waals surface area contributed by atoms with E-state index in [0.29, 0.717) is 4.90 Å². The fourth-order valence-corrected chi connectivity index (χ4v) is 4.62. The summed E-state index contributed by atoms with van der Waals surface area (Å²) in [7, 11) is -3.25. The summed E-state index contributed by atoms with van der Waals surface area (Å²) in [5.41, 5.74) is 3.18. The SMILES string of the molecule is CS(=O)(=O)c1cn[nH]c1C1CCCN(Cc2ccc3[nH]ccc3c2)C1. The number of aromatic nitrogens is 3. The Labute approximate surface area is 147 Å². The highest BCUT2D eigenvalue weighted by atomic mass is 32.2. The van der Waals surface area contributed by atoms with Gasteiger partial charge in [0.05, 0.1) is 11.9 Å². The van der Waals surface area contributed by atoms with E-state index in [1.807, 2.05) is 6.20 Å². The van der Waals surface area contributed by atoms with Crippen molar-refractivity contribution < 1.29 is 8.42 Å². The van der Waals surface area contributed by atoms with E-state index in [-0.39, 0.29) is 5.92 Å². The van der Waals surface area contributed by atoms with E-state index in [9.17, 15) is 8.42 Å². The Morgan fingerprint density at radius 2 is 2.20 bits per heavy atom. The van der Waals surface area contributed by atoms with Crippen LogP contribution in [0, 0.1) is 0 Å². The second kappa shape index (κ2) is 6.31. The van der Waals surface area contributed by atoms with Crippen LogP contribution in [-0.2, 0) is 16.4 Å². The first kappa shape index (κ1) is 16.4. The van der Waals surface area contributed by atoms with Gasteiger partial charge in [0.25, 0.3) is 0 Å². The number of benzene rings is 1. The molecular weight excluding hydrogens is 336 g/mol. The van der Waals surface area contributed by atoms with Crippen LogP contribution < -0.4 is 0 Å². The average molecular weight is 358 g/mol. The second-order valence-electron chi connectivity index (χ2n) is 6.89. The zero-order valence-electron chi connectivity index (χ0n) is 14.2. The van der Waals surface area contributed by atoms with Gasteiger partial charge < -0.3 is 4.98 Å². The molecule has 0 saturated carbocycles. The number of likely N-dealkylation sites (tertiary alicyclic amines) is 1.